The molecule has 1 saturated heterocycles. The van der Waals surface area contributed by atoms with E-state index in [1.807, 2.05) is 62.3 Å². The van der Waals surface area contributed by atoms with Crippen LogP contribution in [0.4, 0.5) is 4.79 Å². The number of unbranched alkanes of at least 4 members (excludes halogenated alkanes) is 1. The predicted molar refractivity (Wildman–Crippen MR) is 171 cm³/mol. The Kier molecular flexibility index (Phi) is 12.0. The Hall–Kier alpha value is -2.98. The van der Waals surface area contributed by atoms with Gasteiger partial charge < -0.3 is 33.3 Å². The molecule has 0 unspecified atom stereocenters. The SMILES string of the molecule is COCCCCn1c(C(=O)N(C(C)C)[C@@H]2CCCN(C(=O)OC(C)(C)C)C2)c(Cl)c2cccc(OCC(C)(C)C(=O)OC)c21. The number of rotatable bonds is 12. The summed E-state index contributed by atoms with van der Waals surface area (Å²) < 4.78 is 24.1. The maximum Gasteiger partial charge on any atom is 0.410 e. The number of likely N-dealkylation sites (tertiary alicyclic amines) is 1. The van der Waals surface area contributed by atoms with Crippen molar-refractivity contribution in [3.8, 4) is 5.75 Å². The topological polar surface area (TPSA) is 99.5 Å². The molecular formula is C33H50ClN3O7. The van der Waals surface area contributed by atoms with Gasteiger partial charge in [-0.3, -0.25) is 9.59 Å². The van der Waals surface area contributed by atoms with Gasteiger partial charge in [-0.2, -0.15) is 0 Å². The third kappa shape index (κ3) is 8.38. The number of hydrogen-bond acceptors (Lipinski definition) is 7. The lowest BCUT2D eigenvalue weighted by Crippen LogP contribution is -2.54. The highest BCUT2D eigenvalue weighted by Gasteiger charge is 2.37. The van der Waals surface area contributed by atoms with Gasteiger partial charge in [0.2, 0.25) is 0 Å². The van der Waals surface area contributed by atoms with Gasteiger partial charge >= 0.3 is 12.1 Å². The fraction of sp³-hybridized carbons (Fsp3) is 0.667. The summed E-state index contributed by atoms with van der Waals surface area (Å²) >= 11 is 7.06. The van der Waals surface area contributed by atoms with Crippen LogP contribution >= 0.6 is 11.6 Å². The molecule has 1 aromatic heterocycles. The number of piperidine rings is 1. The average molecular weight is 636 g/mol. The summed E-state index contributed by atoms with van der Waals surface area (Å²) in [5.74, 6) is -0.0594. The lowest BCUT2D eigenvalue weighted by Gasteiger charge is -2.41. The molecule has 246 valence electrons. The average Bonchev–Trinajstić information content (AvgIpc) is 3.24. The van der Waals surface area contributed by atoms with Crippen molar-refractivity contribution in [3.63, 3.8) is 0 Å². The maximum atomic E-state index is 14.6. The van der Waals surface area contributed by atoms with E-state index in [9.17, 15) is 14.4 Å². The second-order valence-corrected chi connectivity index (χ2v) is 13.7. The second-order valence-electron chi connectivity index (χ2n) is 13.4. The van der Waals surface area contributed by atoms with E-state index < -0.39 is 11.0 Å². The minimum atomic E-state index is -0.884. The molecule has 2 heterocycles. The number of benzene rings is 1. The van der Waals surface area contributed by atoms with Crippen LogP contribution in [0.5, 0.6) is 5.75 Å². The minimum Gasteiger partial charge on any atom is -0.490 e. The van der Waals surface area contributed by atoms with Crippen molar-refractivity contribution in [3.05, 3.63) is 28.9 Å². The van der Waals surface area contributed by atoms with E-state index in [0.29, 0.717) is 53.6 Å². The molecular weight excluding hydrogens is 586 g/mol. The molecule has 2 aromatic rings. The number of amides is 2. The normalized spacial score (nSPS) is 15.9. The van der Waals surface area contributed by atoms with Crippen molar-refractivity contribution < 1.29 is 33.3 Å². The molecule has 1 aliphatic rings. The van der Waals surface area contributed by atoms with Gasteiger partial charge in [-0.1, -0.05) is 23.7 Å². The molecule has 0 spiro atoms. The van der Waals surface area contributed by atoms with E-state index in [0.717, 1.165) is 25.7 Å². The van der Waals surface area contributed by atoms with Crippen molar-refractivity contribution >= 4 is 40.5 Å². The zero-order valence-corrected chi connectivity index (χ0v) is 28.6. The van der Waals surface area contributed by atoms with E-state index in [1.54, 1.807) is 25.9 Å². The van der Waals surface area contributed by atoms with E-state index >= 15 is 0 Å². The number of ether oxygens (including phenoxy) is 4. The van der Waals surface area contributed by atoms with E-state index in [1.165, 1.54) is 7.11 Å². The molecule has 44 heavy (non-hydrogen) atoms. The number of carbonyl (C=O) groups excluding carboxylic acids is 3. The van der Waals surface area contributed by atoms with Gasteiger partial charge in [-0.15, -0.1) is 0 Å². The monoisotopic (exact) mass is 635 g/mol. The molecule has 10 nitrogen and oxygen atoms in total. The van der Waals surface area contributed by atoms with Crippen molar-refractivity contribution in [1.82, 2.24) is 14.4 Å². The number of aromatic nitrogens is 1. The molecule has 1 fully saturated rings. The van der Waals surface area contributed by atoms with E-state index in [4.69, 9.17) is 30.5 Å². The highest BCUT2D eigenvalue weighted by atomic mass is 35.5. The Morgan fingerprint density at radius 1 is 1.09 bits per heavy atom. The summed E-state index contributed by atoms with van der Waals surface area (Å²) in [6.07, 6.45) is 2.67. The molecule has 0 radical (unpaired) electrons. The molecule has 2 amide bonds. The van der Waals surface area contributed by atoms with E-state index in [2.05, 4.69) is 0 Å². The number of para-hydroxylation sites is 1. The van der Waals surface area contributed by atoms with Crippen LogP contribution < -0.4 is 4.74 Å². The Morgan fingerprint density at radius 2 is 1.80 bits per heavy atom. The van der Waals surface area contributed by atoms with Crippen LogP contribution in [-0.2, 0) is 25.5 Å². The van der Waals surface area contributed by atoms with Crippen LogP contribution in [-0.4, -0.2) is 90.5 Å². The van der Waals surface area contributed by atoms with Crippen LogP contribution in [0, 0.1) is 5.41 Å². The van der Waals surface area contributed by atoms with Crippen molar-refractivity contribution in [1.29, 1.82) is 0 Å². The third-order valence-electron chi connectivity index (χ3n) is 7.72. The molecule has 1 aliphatic heterocycles. The quantitative estimate of drug-likeness (QED) is 0.193. The fourth-order valence-electron chi connectivity index (χ4n) is 5.61. The molecule has 0 aliphatic carbocycles. The van der Waals surface area contributed by atoms with Crippen molar-refractivity contribution in [2.75, 3.05) is 40.5 Å². The summed E-state index contributed by atoms with van der Waals surface area (Å²) in [5.41, 5.74) is -0.419. The zero-order chi connectivity index (χ0) is 32.8. The standard InChI is InChI=1S/C33H50ClN3O7/c1-22(2)37(23-14-13-17-35(20-23)31(40)44-32(3,4)5)29(38)28-26(34)24-15-12-16-25(43-21-33(6,7)30(39)42-9)27(24)36(28)18-10-11-19-41-8/h12,15-16,22-23H,10-11,13-14,17-21H2,1-9H3/t23-/m1/s1. The van der Waals surface area contributed by atoms with Gasteiger partial charge in [0.05, 0.1) is 29.1 Å². The highest BCUT2D eigenvalue weighted by molar-refractivity contribution is 6.39. The Bertz CT molecular complexity index is 1310. The first-order chi connectivity index (χ1) is 20.6. The molecule has 0 bridgehead atoms. The Morgan fingerprint density at radius 3 is 2.41 bits per heavy atom. The Balaban J connectivity index is 2.05. The first kappa shape index (κ1) is 35.5. The number of carbonyl (C=O) groups is 3. The van der Waals surface area contributed by atoms with Gasteiger partial charge in [-0.25, -0.2) is 4.79 Å². The van der Waals surface area contributed by atoms with Crippen molar-refractivity contribution in [2.24, 2.45) is 5.41 Å². The van der Waals surface area contributed by atoms with Crippen LogP contribution in [0.1, 0.15) is 84.6 Å². The third-order valence-corrected chi connectivity index (χ3v) is 8.11. The van der Waals surface area contributed by atoms with Crippen LogP contribution in [0.25, 0.3) is 10.9 Å². The first-order valence-corrected chi connectivity index (χ1v) is 15.8. The summed E-state index contributed by atoms with van der Waals surface area (Å²) in [6, 6.07) is 5.17. The van der Waals surface area contributed by atoms with Crippen LogP contribution in [0.15, 0.2) is 18.2 Å². The molecule has 1 aromatic carbocycles. The summed E-state index contributed by atoms with van der Waals surface area (Å²) in [4.78, 5) is 43.4. The lowest BCUT2D eigenvalue weighted by atomic mass is 9.95. The van der Waals surface area contributed by atoms with E-state index in [-0.39, 0.29) is 36.7 Å². The molecule has 1 atom stereocenters. The number of halogens is 1. The summed E-state index contributed by atoms with van der Waals surface area (Å²) in [6.45, 7) is 15.1. The molecule has 0 N–H and O–H groups in total. The van der Waals surface area contributed by atoms with Crippen LogP contribution in [0.3, 0.4) is 0 Å². The van der Waals surface area contributed by atoms with Crippen molar-refractivity contribution in [2.45, 2.75) is 98.4 Å². The Labute approximate surface area is 266 Å². The first-order valence-electron chi connectivity index (χ1n) is 15.4. The number of aryl methyl sites for hydroxylation is 1. The summed E-state index contributed by atoms with van der Waals surface area (Å²) in [5, 5.41) is 1.04. The molecule has 0 saturated carbocycles. The smallest absolute Gasteiger partial charge is 0.410 e. The molecule has 3 rings (SSSR count). The highest BCUT2D eigenvalue weighted by Crippen LogP contribution is 2.39. The largest absolute Gasteiger partial charge is 0.490 e. The summed E-state index contributed by atoms with van der Waals surface area (Å²) in [7, 11) is 3.02. The molecule has 11 heteroatoms. The number of esters is 1. The minimum absolute atomic E-state index is 0.0786. The number of hydrogen-bond donors (Lipinski definition) is 0. The van der Waals surface area contributed by atoms with Gasteiger partial charge in [0.15, 0.2) is 0 Å². The van der Waals surface area contributed by atoms with Gasteiger partial charge in [0.1, 0.15) is 23.7 Å². The number of fused-ring (bicyclic) bond motifs is 1. The van der Waals surface area contributed by atoms with Gasteiger partial charge in [0.25, 0.3) is 5.91 Å². The maximum absolute atomic E-state index is 14.6. The lowest BCUT2D eigenvalue weighted by molar-refractivity contribution is -0.152. The predicted octanol–water partition coefficient (Wildman–Crippen LogP) is 6.55. The number of nitrogens with zero attached hydrogens (tertiary/aromatic N) is 3. The zero-order valence-electron chi connectivity index (χ0n) is 27.8. The second kappa shape index (κ2) is 14.9. The van der Waals surface area contributed by atoms with Gasteiger partial charge in [-0.05, 0) is 80.2 Å². The number of methoxy groups -OCH3 is 2. The van der Waals surface area contributed by atoms with Crippen LogP contribution in [0.2, 0.25) is 5.02 Å². The fourth-order valence-corrected chi connectivity index (χ4v) is 5.95. The van der Waals surface area contributed by atoms with Gasteiger partial charge in [0, 0.05) is 44.8 Å².